The van der Waals surface area contributed by atoms with E-state index in [4.69, 9.17) is 0 Å². The van der Waals surface area contributed by atoms with Crippen molar-refractivity contribution in [3.8, 4) is 0 Å². The van der Waals surface area contributed by atoms with Gasteiger partial charge in [-0.1, -0.05) is 60.0 Å². The van der Waals surface area contributed by atoms with Crippen molar-refractivity contribution in [2.24, 2.45) is 0 Å². The number of quaternary nitrogens is 1. The van der Waals surface area contributed by atoms with Crippen molar-refractivity contribution >= 4 is 11.9 Å². The topological polar surface area (TPSA) is 69.2 Å². The number of carboxylic acids is 1. The fourth-order valence-electron chi connectivity index (χ4n) is 2.98. The van der Waals surface area contributed by atoms with Crippen LogP contribution >= 0.6 is 0 Å². The number of carbonyl (C=O) groups is 2. The van der Waals surface area contributed by atoms with Crippen molar-refractivity contribution in [1.82, 2.24) is 5.32 Å². The Hall–Kier alpha value is -1.36. The van der Waals surface area contributed by atoms with E-state index >= 15 is 0 Å². The Morgan fingerprint density at radius 1 is 0.889 bits per heavy atom. The van der Waals surface area contributed by atoms with Gasteiger partial charge in [-0.25, -0.2) is 0 Å². The fourth-order valence-corrected chi connectivity index (χ4v) is 2.98. The lowest BCUT2D eigenvalue weighted by atomic mass is 10.1. The molecule has 0 fully saturated rings. The van der Waals surface area contributed by atoms with Crippen LogP contribution in [0.2, 0.25) is 0 Å². The van der Waals surface area contributed by atoms with Gasteiger partial charge in [0, 0.05) is 0 Å². The average Bonchev–Trinajstić information content (AvgIpc) is 2.67. The molecule has 5 heteroatoms. The molecule has 0 aromatic heterocycles. The third kappa shape index (κ3) is 15.4. The highest BCUT2D eigenvalue weighted by Gasteiger charge is 2.24. The lowest BCUT2D eigenvalue weighted by Gasteiger charge is -2.39. The number of hydrogen-bond donors (Lipinski definition) is 1. The van der Waals surface area contributed by atoms with Crippen molar-refractivity contribution in [1.29, 1.82) is 0 Å². The lowest BCUT2D eigenvalue weighted by Crippen LogP contribution is -2.50. The molecule has 0 heterocycles. The summed E-state index contributed by atoms with van der Waals surface area (Å²) in [4.78, 5) is 20.4. The Kier molecular flexibility index (Phi) is 18.6. The molecular formula is C22H44N2O3. The van der Waals surface area contributed by atoms with Crippen molar-refractivity contribution in [3.05, 3.63) is 12.7 Å². The van der Waals surface area contributed by atoms with Gasteiger partial charge in [0.05, 0.1) is 38.2 Å². The molecule has 0 spiro atoms. The summed E-state index contributed by atoms with van der Waals surface area (Å²) in [6, 6.07) is -0.967. The van der Waals surface area contributed by atoms with Crippen LogP contribution in [-0.2, 0) is 9.59 Å². The van der Waals surface area contributed by atoms with Gasteiger partial charge in [0.15, 0.2) is 0 Å². The van der Waals surface area contributed by atoms with Gasteiger partial charge in [-0.05, 0) is 38.7 Å². The van der Waals surface area contributed by atoms with E-state index in [-0.39, 0.29) is 0 Å². The smallest absolute Gasteiger partial charge is 0.243 e. The van der Waals surface area contributed by atoms with Gasteiger partial charge >= 0.3 is 0 Å². The summed E-state index contributed by atoms with van der Waals surface area (Å²) in [7, 11) is 0. The average molecular weight is 385 g/mol. The van der Waals surface area contributed by atoms with E-state index in [1.807, 2.05) is 0 Å². The van der Waals surface area contributed by atoms with Crippen LogP contribution in [0.1, 0.15) is 86.0 Å². The van der Waals surface area contributed by atoms with Crippen LogP contribution < -0.4 is 10.4 Å². The second-order valence-corrected chi connectivity index (χ2v) is 7.40. The molecule has 1 unspecified atom stereocenters. The zero-order valence-electron chi connectivity index (χ0n) is 18.5. The Morgan fingerprint density at radius 3 is 1.44 bits per heavy atom. The summed E-state index contributed by atoms with van der Waals surface area (Å²) in [5, 5.41) is 12.1. The highest BCUT2D eigenvalue weighted by molar-refractivity contribution is 5.90. The zero-order valence-corrected chi connectivity index (χ0v) is 18.5. The minimum absolute atomic E-state index is 0.517. The van der Waals surface area contributed by atoms with Gasteiger partial charge in [-0.15, -0.1) is 0 Å². The summed E-state index contributed by atoms with van der Waals surface area (Å²) < 4.78 is 1.42. The summed E-state index contributed by atoms with van der Waals surface area (Å²) in [6.45, 7) is 19.5. The first-order valence-electron chi connectivity index (χ1n) is 10.8. The normalized spacial score (nSPS) is 11.9. The second kappa shape index (κ2) is 18.0. The molecule has 0 radical (unpaired) electrons. The van der Waals surface area contributed by atoms with Crippen molar-refractivity contribution in [2.75, 3.05) is 26.2 Å². The third-order valence-corrected chi connectivity index (χ3v) is 4.84. The van der Waals surface area contributed by atoms with E-state index < -0.39 is 17.9 Å². The summed E-state index contributed by atoms with van der Waals surface area (Å²) in [5.74, 6) is -1.83. The molecule has 1 N–H and O–H groups in total. The molecule has 0 saturated heterocycles. The van der Waals surface area contributed by atoms with Crippen molar-refractivity contribution in [2.45, 2.75) is 92.0 Å². The van der Waals surface area contributed by atoms with Crippen LogP contribution in [0.15, 0.2) is 12.7 Å². The number of carboxylic acid groups (broad SMARTS) is 1. The van der Waals surface area contributed by atoms with Gasteiger partial charge in [-0.2, -0.15) is 0 Å². The number of rotatable bonds is 15. The quantitative estimate of drug-likeness (QED) is 0.347. The molecule has 0 bridgehead atoms. The van der Waals surface area contributed by atoms with Crippen LogP contribution in [0.3, 0.4) is 0 Å². The van der Waals surface area contributed by atoms with Crippen LogP contribution in [0, 0.1) is 0 Å². The zero-order chi connectivity index (χ0) is 21.1. The molecule has 1 atom stereocenters. The van der Waals surface area contributed by atoms with E-state index in [9.17, 15) is 14.7 Å². The van der Waals surface area contributed by atoms with E-state index in [1.165, 1.54) is 89.0 Å². The Bertz CT molecular complexity index is 360. The number of carbonyl (C=O) groups excluding carboxylic acids is 2. The van der Waals surface area contributed by atoms with Gasteiger partial charge in [-0.3, -0.25) is 4.79 Å². The molecule has 0 rings (SSSR count). The Labute approximate surface area is 167 Å². The summed E-state index contributed by atoms with van der Waals surface area (Å²) in [6.07, 6.45) is 12.1. The largest absolute Gasteiger partial charge is 0.548 e. The van der Waals surface area contributed by atoms with Gasteiger partial charge in [0.2, 0.25) is 5.91 Å². The lowest BCUT2D eigenvalue weighted by molar-refractivity contribution is -0.929. The first-order valence-corrected chi connectivity index (χ1v) is 10.8. The highest BCUT2D eigenvalue weighted by atomic mass is 16.4. The molecule has 0 aromatic rings. The highest BCUT2D eigenvalue weighted by Crippen LogP contribution is 2.16. The minimum atomic E-state index is -1.31. The van der Waals surface area contributed by atoms with Crippen LogP contribution in [0.4, 0.5) is 0 Å². The monoisotopic (exact) mass is 384 g/mol. The molecule has 0 saturated carbocycles. The van der Waals surface area contributed by atoms with E-state index in [2.05, 4.69) is 39.6 Å². The molecule has 5 nitrogen and oxygen atoms in total. The summed E-state index contributed by atoms with van der Waals surface area (Å²) in [5.41, 5.74) is 0. The maximum absolute atomic E-state index is 10.4. The molecule has 27 heavy (non-hydrogen) atoms. The Morgan fingerprint density at radius 2 is 1.22 bits per heavy atom. The third-order valence-electron chi connectivity index (χ3n) is 4.84. The van der Waals surface area contributed by atoms with Crippen molar-refractivity contribution in [3.63, 3.8) is 0 Å². The second-order valence-electron chi connectivity index (χ2n) is 7.40. The number of amides is 1. The minimum Gasteiger partial charge on any atom is -0.548 e. The maximum atomic E-state index is 10.4. The van der Waals surface area contributed by atoms with E-state index in [0.29, 0.717) is 0 Å². The summed E-state index contributed by atoms with van der Waals surface area (Å²) >= 11 is 0. The van der Waals surface area contributed by atoms with Crippen LogP contribution in [0.25, 0.3) is 0 Å². The van der Waals surface area contributed by atoms with Crippen LogP contribution in [-0.4, -0.2) is 48.6 Å². The number of nitrogens with zero attached hydrogens (tertiary/aromatic N) is 1. The molecule has 0 aliphatic carbocycles. The number of aliphatic carboxylic acids is 1. The van der Waals surface area contributed by atoms with E-state index in [0.717, 1.165) is 6.08 Å². The first kappa shape index (κ1) is 27.9. The molecular weight excluding hydrogens is 340 g/mol. The number of nitrogens with one attached hydrogen (secondary N) is 1. The molecule has 0 aliphatic rings. The Balaban J connectivity index is 0. The first-order chi connectivity index (χ1) is 12.8. The van der Waals surface area contributed by atoms with E-state index in [1.54, 1.807) is 0 Å². The molecule has 160 valence electrons. The number of unbranched alkanes of at least 4 members (excludes halogenated alkanes) is 4. The molecule has 1 amide bonds. The van der Waals surface area contributed by atoms with Gasteiger partial charge in [0.25, 0.3) is 0 Å². The van der Waals surface area contributed by atoms with Gasteiger partial charge < -0.3 is 19.7 Å². The van der Waals surface area contributed by atoms with Crippen molar-refractivity contribution < 1.29 is 19.2 Å². The molecule has 0 aromatic carbocycles. The predicted octanol–water partition coefficient (Wildman–Crippen LogP) is 3.43. The maximum Gasteiger partial charge on any atom is 0.243 e. The number of hydrogen-bond acceptors (Lipinski definition) is 3. The van der Waals surface area contributed by atoms with Gasteiger partial charge in [0.1, 0.15) is 0 Å². The fraction of sp³-hybridized carbons (Fsp3) is 0.818. The molecule has 0 aliphatic heterocycles. The standard InChI is InChI=1S/C16H36N.C6H9NO3/c1-5-9-13-17(14-10-6-2,15-11-7-3)16-12-8-4;1-3-5(8)7-4(2)6(9)10/h5-16H2,1-4H3;3-4H,1H2,2H3,(H,7,8)(H,9,10)/q+1;/p-1. The van der Waals surface area contributed by atoms with Crippen LogP contribution in [0.5, 0.6) is 0 Å². The predicted molar refractivity (Wildman–Crippen MR) is 112 cm³/mol. The SMILES string of the molecule is C=CC(=O)NC(C)C(=O)[O-].CCCC[N+](CCCC)(CCCC)CCCC.